The van der Waals surface area contributed by atoms with Gasteiger partial charge in [0.05, 0.1) is 4.75 Å². The molecule has 0 spiro atoms. The first-order valence-electron chi connectivity index (χ1n) is 10.0. The van der Waals surface area contributed by atoms with Gasteiger partial charge in [0.25, 0.3) is 0 Å². The maximum absolute atomic E-state index is 13.3. The van der Waals surface area contributed by atoms with Crippen molar-refractivity contribution in [2.75, 3.05) is 16.8 Å². The highest BCUT2D eigenvalue weighted by Crippen LogP contribution is 2.46. The molecule has 2 amide bonds. The summed E-state index contributed by atoms with van der Waals surface area (Å²) in [4.78, 5) is 28.1. The number of nitrogens with zero attached hydrogens (tertiary/aromatic N) is 1. The predicted octanol–water partition coefficient (Wildman–Crippen LogP) is 5.03. The van der Waals surface area contributed by atoms with E-state index < -0.39 is 4.75 Å². The lowest BCUT2D eigenvalue weighted by atomic mass is 10.0. The Morgan fingerprint density at radius 3 is 2.50 bits per heavy atom. The van der Waals surface area contributed by atoms with Crippen LogP contribution in [-0.4, -0.2) is 23.1 Å². The van der Waals surface area contributed by atoms with Gasteiger partial charge in [-0.05, 0) is 61.6 Å². The molecule has 5 heteroatoms. The molecule has 146 valence electrons. The summed E-state index contributed by atoms with van der Waals surface area (Å²) in [5, 5.41) is 3.18. The van der Waals surface area contributed by atoms with Crippen molar-refractivity contribution in [2.45, 2.75) is 55.1 Å². The quantitative estimate of drug-likeness (QED) is 0.791. The summed E-state index contributed by atoms with van der Waals surface area (Å²) in [5.74, 6) is 0.167. The summed E-state index contributed by atoms with van der Waals surface area (Å²) in [7, 11) is 0. The SMILES string of the molecule is CC(=O)N1CCCc2cc(NC(=O)C3(Sc4ccccc4)CCCC3)ccc21. The van der Waals surface area contributed by atoms with Crippen LogP contribution in [0.3, 0.4) is 0 Å². The lowest BCUT2D eigenvalue weighted by Gasteiger charge is -2.30. The Morgan fingerprint density at radius 2 is 1.79 bits per heavy atom. The number of nitrogens with one attached hydrogen (secondary N) is 1. The van der Waals surface area contributed by atoms with Crippen molar-refractivity contribution in [3.63, 3.8) is 0 Å². The molecule has 4 rings (SSSR count). The summed E-state index contributed by atoms with van der Waals surface area (Å²) in [6, 6.07) is 16.1. The van der Waals surface area contributed by atoms with Gasteiger partial charge in [-0.25, -0.2) is 0 Å². The molecule has 2 aromatic carbocycles. The molecule has 1 saturated carbocycles. The lowest BCUT2D eigenvalue weighted by Crippen LogP contribution is -2.37. The van der Waals surface area contributed by atoms with Crippen molar-refractivity contribution in [1.29, 1.82) is 0 Å². The maximum Gasteiger partial charge on any atom is 0.240 e. The van der Waals surface area contributed by atoms with Gasteiger partial charge in [-0.3, -0.25) is 9.59 Å². The summed E-state index contributed by atoms with van der Waals surface area (Å²) >= 11 is 1.69. The van der Waals surface area contributed by atoms with Gasteiger partial charge in [0.15, 0.2) is 0 Å². The van der Waals surface area contributed by atoms with E-state index in [1.54, 1.807) is 18.7 Å². The molecule has 0 atom stereocenters. The first kappa shape index (κ1) is 19.1. The molecule has 1 heterocycles. The third kappa shape index (κ3) is 3.81. The molecule has 2 aliphatic rings. The number of rotatable bonds is 4. The third-order valence-corrected chi connectivity index (χ3v) is 7.21. The smallest absolute Gasteiger partial charge is 0.240 e. The topological polar surface area (TPSA) is 49.4 Å². The van der Waals surface area contributed by atoms with Crippen LogP contribution >= 0.6 is 11.8 Å². The minimum Gasteiger partial charge on any atom is -0.325 e. The van der Waals surface area contributed by atoms with Crippen LogP contribution in [0.2, 0.25) is 0 Å². The number of hydrogen-bond donors (Lipinski definition) is 1. The second kappa shape index (κ2) is 8.00. The molecule has 4 nitrogen and oxygen atoms in total. The van der Waals surface area contributed by atoms with E-state index in [1.165, 1.54) is 0 Å². The zero-order valence-corrected chi connectivity index (χ0v) is 17.1. The predicted molar refractivity (Wildman–Crippen MR) is 115 cm³/mol. The number of anilines is 2. The van der Waals surface area contributed by atoms with Crippen molar-refractivity contribution in [3.8, 4) is 0 Å². The fourth-order valence-corrected chi connectivity index (χ4v) is 5.66. The van der Waals surface area contributed by atoms with E-state index in [2.05, 4.69) is 17.4 Å². The van der Waals surface area contributed by atoms with E-state index in [4.69, 9.17) is 0 Å². The lowest BCUT2D eigenvalue weighted by molar-refractivity contribution is -0.118. The van der Waals surface area contributed by atoms with E-state index in [9.17, 15) is 9.59 Å². The van der Waals surface area contributed by atoms with Crippen LogP contribution in [0.1, 0.15) is 44.6 Å². The Labute approximate surface area is 170 Å². The molecule has 1 N–H and O–H groups in total. The van der Waals surface area contributed by atoms with Gasteiger partial charge < -0.3 is 10.2 Å². The van der Waals surface area contributed by atoms with Crippen molar-refractivity contribution in [2.24, 2.45) is 0 Å². The number of fused-ring (bicyclic) bond motifs is 1. The normalized spacial score (nSPS) is 17.8. The minimum atomic E-state index is -0.400. The number of hydrogen-bond acceptors (Lipinski definition) is 3. The van der Waals surface area contributed by atoms with Crippen LogP contribution in [0.4, 0.5) is 11.4 Å². The van der Waals surface area contributed by atoms with Gasteiger partial charge in [0.1, 0.15) is 0 Å². The van der Waals surface area contributed by atoms with Crippen LogP contribution in [0.15, 0.2) is 53.4 Å². The van der Waals surface area contributed by atoms with Gasteiger partial charge in [-0.1, -0.05) is 31.0 Å². The average molecular weight is 395 g/mol. The molecule has 0 aromatic heterocycles. The molecule has 1 aliphatic carbocycles. The Morgan fingerprint density at radius 1 is 1.04 bits per heavy atom. The molecule has 2 aromatic rings. The van der Waals surface area contributed by atoms with Gasteiger partial charge >= 0.3 is 0 Å². The Hall–Kier alpha value is -2.27. The molecule has 1 aliphatic heterocycles. The van der Waals surface area contributed by atoms with Gasteiger partial charge in [0, 0.05) is 29.7 Å². The molecular weight excluding hydrogens is 368 g/mol. The van der Waals surface area contributed by atoms with Gasteiger partial charge in [-0.2, -0.15) is 0 Å². The fourth-order valence-electron chi connectivity index (χ4n) is 4.28. The van der Waals surface area contributed by atoms with Crippen LogP contribution in [0, 0.1) is 0 Å². The van der Waals surface area contributed by atoms with Crippen molar-refractivity contribution in [3.05, 3.63) is 54.1 Å². The maximum atomic E-state index is 13.3. The standard InChI is InChI=1S/C23H26N2O2S/c1-17(26)25-15-7-8-18-16-19(11-12-21(18)25)24-22(27)23(13-5-6-14-23)28-20-9-3-2-4-10-20/h2-4,9-12,16H,5-8,13-15H2,1H3,(H,24,27). The number of aryl methyl sites for hydroxylation is 1. The van der Waals surface area contributed by atoms with E-state index in [0.29, 0.717) is 0 Å². The minimum absolute atomic E-state index is 0.0712. The average Bonchev–Trinajstić information content (AvgIpc) is 3.18. The van der Waals surface area contributed by atoms with Crippen LogP contribution in [0.5, 0.6) is 0 Å². The zero-order chi connectivity index (χ0) is 19.6. The Kier molecular flexibility index (Phi) is 5.44. The second-order valence-electron chi connectivity index (χ2n) is 7.69. The third-order valence-electron chi connectivity index (χ3n) is 5.72. The first-order chi connectivity index (χ1) is 13.6. The van der Waals surface area contributed by atoms with Crippen molar-refractivity contribution in [1.82, 2.24) is 0 Å². The van der Waals surface area contributed by atoms with E-state index in [-0.39, 0.29) is 11.8 Å². The van der Waals surface area contributed by atoms with E-state index >= 15 is 0 Å². The first-order valence-corrected chi connectivity index (χ1v) is 10.9. The van der Waals surface area contributed by atoms with Crippen LogP contribution in [-0.2, 0) is 16.0 Å². The number of carbonyl (C=O) groups is 2. The summed E-state index contributed by atoms with van der Waals surface area (Å²) < 4.78 is -0.400. The fraction of sp³-hybridized carbons (Fsp3) is 0.391. The highest BCUT2D eigenvalue weighted by Gasteiger charge is 2.42. The number of carbonyl (C=O) groups excluding carboxylic acids is 2. The van der Waals surface area contributed by atoms with Gasteiger partial charge in [0.2, 0.25) is 11.8 Å². The molecule has 0 unspecified atom stereocenters. The Balaban J connectivity index is 1.54. The van der Waals surface area contributed by atoms with E-state index in [0.717, 1.165) is 66.9 Å². The monoisotopic (exact) mass is 394 g/mol. The highest BCUT2D eigenvalue weighted by molar-refractivity contribution is 8.01. The molecule has 0 radical (unpaired) electrons. The number of benzene rings is 2. The van der Waals surface area contributed by atoms with Crippen molar-refractivity contribution < 1.29 is 9.59 Å². The van der Waals surface area contributed by atoms with Crippen LogP contribution in [0.25, 0.3) is 0 Å². The largest absolute Gasteiger partial charge is 0.325 e. The van der Waals surface area contributed by atoms with Crippen LogP contribution < -0.4 is 10.2 Å². The molecular formula is C23H26N2O2S. The summed E-state index contributed by atoms with van der Waals surface area (Å²) in [6.45, 7) is 2.38. The van der Waals surface area contributed by atoms with Crippen molar-refractivity contribution >= 4 is 35.0 Å². The number of amides is 2. The van der Waals surface area contributed by atoms with Gasteiger partial charge in [-0.15, -0.1) is 11.8 Å². The highest BCUT2D eigenvalue weighted by atomic mass is 32.2. The molecule has 1 fully saturated rings. The molecule has 0 bridgehead atoms. The number of thioether (sulfide) groups is 1. The zero-order valence-electron chi connectivity index (χ0n) is 16.2. The summed E-state index contributed by atoms with van der Waals surface area (Å²) in [6.07, 6.45) is 5.88. The molecule has 0 saturated heterocycles. The summed E-state index contributed by atoms with van der Waals surface area (Å²) in [5.41, 5.74) is 2.94. The van der Waals surface area contributed by atoms with E-state index in [1.807, 2.05) is 41.3 Å². The second-order valence-corrected chi connectivity index (χ2v) is 9.15. The molecule has 28 heavy (non-hydrogen) atoms. The Bertz CT molecular complexity index is 875.